The van der Waals surface area contributed by atoms with E-state index in [1.54, 1.807) is 0 Å². The average Bonchev–Trinajstić information content (AvgIpc) is 2.63. The second kappa shape index (κ2) is 6.15. The highest BCUT2D eigenvalue weighted by Crippen LogP contribution is 2.29. The van der Waals surface area contributed by atoms with Crippen molar-refractivity contribution in [1.29, 1.82) is 5.26 Å². The fraction of sp³-hybridized carbons (Fsp3) is 0.533. The van der Waals surface area contributed by atoms with Gasteiger partial charge in [-0.1, -0.05) is 37.0 Å². The maximum Gasteiger partial charge on any atom is 0.0668 e. The fourth-order valence-corrected chi connectivity index (χ4v) is 4.15. The summed E-state index contributed by atoms with van der Waals surface area (Å²) in [5.41, 5.74) is 1.17. The molecular formula is C15H19NOS. The number of hydrogen-bond donors (Lipinski definition) is 0. The molecule has 2 rings (SSSR count). The highest BCUT2D eigenvalue weighted by molar-refractivity contribution is 7.85. The summed E-state index contributed by atoms with van der Waals surface area (Å²) in [4.78, 5) is 0.868. The van der Waals surface area contributed by atoms with Gasteiger partial charge in [0.2, 0.25) is 0 Å². The van der Waals surface area contributed by atoms with Crippen LogP contribution in [0.25, 0.3) is 0 Å². The third kappa shape index (κ3) is 3.00. The van der Waals surface area contributed by atoms with Gasteiger partial charge in [-0.3, -0.25) is 4.21 Å². The van der Waals surface area contributed by atoms with E-state index in [4.69, 9.17) is 0 Å². The zero-order valence-electron chi connectivity index (χ0n) is 10.8. The van der Waals surface area contributed by atoms with Crippen LogP contribution in [-0.2, 0) is 10.8 Å². The van der Waals surface area contributed by atoms with Crippen molar-refractivity contribution in [3.8, 4) is 6.07 Å². The van der Waals surface area contributed by atoms with E-state index in [2.05, 4.69) is 6.07 Å². The first-order valence-electron chi connectivity index (χ1n) is 6.59. The SMILES string of the molecule is Cc1ccc(S(=O)C2CCCCCC2C#N)cc1. The molecule has 0 spiro atoms. The van der Waals surface area contributed by atoms with E-state index >= 15 is 0 Å². The van der Waals surface area contributed by atoms with Gasteiger partial charge in [0.05, 0.1) is 28.0 Å². The van der Waals surface area contributed by atoms with Crippen LogP contribution in [-0.4, -0.2) is 9.46 Å². The monoisotopic (exact) mass is 261 g/mol. The quantitative estimate of drug-likeness (QED) is 0.764. The zero-order valence-corrected chi connectivity index (χ0v) is 11.6. The lowest BCUT2D eigenvalue weighted by Crippen LogP contribution is -2.23. The van der Waals surface area contributed by atoms with E-state index < -0.39 is 10.8 Å². The van der Waals surface area contributed by atoms with Crippen molar-refractivity contribution in [2.45, 2.75) is 49.2 Å². The summed E-state index contributed by atoms with van der Waals surface area (Å²) in [7, 11) is -1.04. The molecule has 3 heteroatoms. The second-order valence-corrected chi connectivity index (χ2v) is 6.69. The Bertz CT molecular complexity index is 460. The highest BCUT2D eigenvalue weighted by Gasteiger charge is 2.29. The van der Waals surface area contributed by atoms with Crippen LogP contribution >= 0.6 is 0 Å². The van der Waals surface area contributed by atoms with Gasteiger partial charge >= 0.3 is 0 Å². The van der Waals surface area contributed by atoms with Gasteiger partial charge in [-0.05, 0) is 31.9 Å². The predicted molar refractivity (Wildman–Crippen MR) is 73.6 cm³/mol. The molecule has 18 heavy (non-hydrogen) atoms. The standard InChI is InChI=1S/C15H19NOS/c1-12-7-9-14(10-8-12)18(17)15-6-4-2-3-5-13(15)11-16/h7-10,13,15H,2-6H2,1H3. The molecule has 1 aliphatic carbocycles. The van der Waals surface area contributed by atoms with Crippen LogP contribution in [0.3, 0.4) is 0 Å². The van der Waals surface area contributed by atoms with Crippen molar-refractivity contribution in [3.05, 3.63) is 29.8 Å². The summed E-state index contributed by atoms with van der Waals surface area (Å²) in [5.74, 6) is -0.0466. The van der Waals surface area contributed by atoms with Gasteiger partial charge in [-0.2, -0.15) is 5.26 Å². The van der Waals surface area contributed by atoms with Crippen LogP contribution in [0.2, 0.25) is 0 Å². The Morgan fingerprint density at radius 1 is 1.17 bits per heavy atom. The molecule has 2 nitrogen and oxygen atoms in total. The molecule has 1 aromatic carbocycles. The van der Waals surface area contributed by atoms with Crippen molar-refractivity contribution in [3.63, 3.8) is 0 Å². The van der Waals surface area contributed by atoms with Crippen molar-refractivity contribution in [2.24, 2.45) is 5.92 Å². The molecule has 1 saturated carbocycles. The normalized spacial score (nSPS) is 26.0. The number of rotatable bonds is 2. The minimum atomic E-state index is -1.04. The third-order valence-corrected chi connectivity index (χ3v) is 5.50. The van der Waals surface area contributed by atoms with E-state index in [0.717, 1.165) is 30.6 Å². The Morgan fingerprint density at radius 3 is 2.50 bits per heavy atom. The Morgan fingerprint density at radius 2 is 1.83 bits per heavy atom. The van der Waals surface area contributed by atoms with Gasteiger partial charge in [0, 0.05) is 4.90 Å². The Hall–Kier alpha value is -1.14. The Kier molecular flexibility index (Phi) is 4.54. The molecule has 0 N–H and O–H groups in total. The summed E-state index contributed by atoms with van der Waals surface area (Å²) < 4.78 is 12.6. The topological polar surface area (TPSA) is 40.9 Å². The molecule has 0 aromatic heterocycles. The lowest BCUT2D eigenvalue weighted by molar-refractivity contribution is 0.564. The van der Waals surface area contributed by atoms with E-state index in [1.807, 2.05) is 31.2 Å². The van der Waals surface area contributed by atoms with Crippen molar-refractivity contribution in [2.75, 3.05) is 0 Å². The molecule has 0 heterocycles. The Balaban J connectivity index is 2.20. The molecule has 1 aliphatic rings. The first-order chi connectivity index (χ1) is 8.72. The number of nitrogens with zero attached hydrogens (tertiary/aromatic N) is 1. The molecule has 96 valence electrons. The molecule has 0 saturated heterocycles. The predicted octanol–water partition coefficient (Wildman–Crippen LogP) is 3.58. The minimum absolute atomic E-state index is 0.0141. The largest absolute Gasteiger partial charge is 0.254 e. The molecule has 1 aromatic rings. The minimum Gasteiger partial charge on any atom is -0.254 e. The molecule has 3 atom stereocenters. The lowest BCUT2D eigenvalue weighted by atomic mass is 10.0. The maximum atomic E-state index is 12.6. The van der Waals surface area contributed by atoms with E-state index in [9.17, 15) is 9.47 Å². The first-order valence-corrected chi connectivity index (χ1v) is 7.80. The van der Waals surface area contributed by atoms with E-state index in [1.165, 1.54) is 12.0 Å². The smallest absolute Gasteiger partial charge is 0.0668 e. The van der Waals surface area contributed by atoms with Gasteiger partial charge in [-0.15, -0.1) is 0 Å². The first kappa shape index (κ1) is 13.3. The highest BCUT2D eigenvalue weighted by atomic mass is 32.2. The average molecular weight is 261 g/mol. The summed E-state index contributed by atoms with van der Waals surface area (Å²) in [5, 5.41) is 9.26. The van der Waals surface area contributed by atoms with Crippen molar-refractivity contribution < 1.29 is 4.21 Å². The summed E-state index contributed by atoms with van der Waals surface area (Å²) in [6.07, 6.45) is 5.18. The number of nitriles is 1. The Labute approximate surface area is 111 Å². The number of hydrogen-bond acceptors (Lipinski definition) is 2. The lowest BCUT2D eigenvalue weighted by Gasteiger charge is -2.18. The van der Waals surface area contributed by atoms with Crippen molar-refractivity contribution >= 4 is 10.8 Å². The summed E-state index contributed by atoms with van der Waals surface area (Å²) in [6.45, 7) is 2.02. The van der Waals surface area contributed by atoms with Gasteiger partial charge in [0.15, 0.2) is 0 Å². The third-order valence-electron chi connectivity index (χ3n) is 3.65. The summed E-state index contributed by atoms with van der Waals surface area (Å²) in [6, 6.07) is 10.2. The van der Waals surface area contributed by atoms with Gasteiger partial charge in [-0.25, -0.2) is 0 Å². The van der Waals surface area contributed by atoms with Crippen molar-refractivity contribution in [1.82, 2.24) is 0 Å². The van der Waals surface area contributed by atoms with Crippen LogP contribution in [0.1, 0.15) is 37.7 Å². The molecule has 0 aliphatic heterocycles. The van der Waals surface area contributed by atoms with E-state index in [0.29, 0.717) is 0 Å². The molecule has 0 radical (unpaired) electrons. The van der Waals surface area contributed by atoms with E-state index in [-0.39, 0.29) is 11.2 Å². The summed E-state index contributed by atoms with van der Waals surface area (Å²) >= 11 is 0. The van der Waals surface area contributed by atoms with Crippen LogP contribution in [0.15, 0.2) is 29.2 Å². The van der Waals surface area contributed by atoms with Crippen LogP contribution < -0.4 is 0 Å². The molecule has 3 unspecified atom stereocenters. The van der Waals surface area contributed by atoms with Crippen LogP contribution in [0, 0.1) is 24.2 Å². The fourth-order valence-electron chi connectivity index (χ4n) is 2.52. The molecule has 1 fully saturated rings. The molecular weight excluding hydrogens is 242 g/mol. The van der Waals surface area contributed by atoms with Gasteiger partial charge < -0.3 is 0 Å². The van der Waals surface area contributed by atoms with Crippen LogP contribution in [0.4, 0.5) is 0 Å². The van der Waals surface area contributed by atoms with Gasteiger partial charge in [0.25, 0.3) is 0 Å². The molecule has 0 bridgehead atoms. The second-order valence-electron chi connectivity index (χ2n) is 5.02. The number of aryl methyl sites for hydroxylation is 1. The molecule has 0 amide bonds. The maximum absolute atomic E-state index is 12.6. The van der Waals surface area contributed by atoms with Gasteiger partial charge in [0.1, 0.15) is 0 Å². The number of benzene rings is 1. The van der Waals surface area contributed by atoms with Crippen LogP contribution in [0.5, 0.6) is 0 Å². The zero-order chi connectivity index (χ0) is 13.0.